The summed E-state index contributed by atoms with van der Waals surface area (Å²) < 4.78 is 22.9. The van der Waals surface area contributed by atoms with E-state index in [9.17, 15) is 45.6 Å². The van der Waals surface area contributed by atoms with Gasteiger partial charge in [-0.25, -0.2) is 0 Å². The molecule has 0 aromatic rings. The molecule has 14 heteroatoms. The van der Waals surface area contributed by atoms with E-state index in [0.717, 1.165) is 44.9 Å². The van der Waals surface area contributed by atoms with Gasteiger partial charge in [-0.15, -0.1) is 0 Å². The van der Waals surface area contributed by atoms with Crippen molar-refractivity contribution >= 4 is 5.91 Å². The molecule has 14 nitrogen and oxygen atoms in total. The second-order valence-electron chi connectivity index (χ2n) is 28.9. The number of nitrogens with one attached hydrogen (secondary N) is 1. The molecule has 0 spiro atoms. The Morgan fingerprint density at radius 1 is 0.379 bits per heavy atom. The summed E-state index contributed by atoms with van der Waals surface area (Å²) in [4.78, 5) is 13.4. The Bertz CT molecular complexity index is 1730. The quantitative estimate of drug-likeness (QED) is 0.0204. The summed E-state index contributed by atoms with van der Waals surface area (Å²) in [7, 11) is 0. The Labute approximate surface area is 582 Å². The fourth-order valence-electron chi connectivity index (χ4n) is 13.6. The SMILES string of the molecule is CCCCCCC/C=C\C/C=C\CCCCCCCCCCCCCCCCCCCC(=O)NC(COC1OC(CO)C(OC2OC(CO)C(O)C(O)C2O)C(O)C1O)C(O)/C=C/CCCCCCCCCCCCCCCCCCCCCCCCCCCCCCCC. The number of aliphatic hydroxyl groups excluding tert-OH is 8. The first kappa shape index (κ1) is 89.3. The van der Waals surface area contributed by atoms with Crippen LogP contribution in [0, 0.1) is 0 Å². The number of unbranched alkanes of at least 4 members (excludes halogenated alkanes) is 52. The fourth-order valence-corrected chi connectivity index (χ4v) is 13.6. The Balaban J connectivity index is 1.61. The highest BCUT2D eigenvalue weighted by Gasteiger charge is 2.51. The Kier molecular flexibility index (Phi) is 61.6. The number of carbonyl (C=O) groups excluding carboxylic acids is 1. The molecule has 2 aliphatic rings. The molecular weight excluding hydrogens is 1190 g/mol. The Morgan fingerprint density at radius 2 is 0.695 bits per heavy atom. The van der Waals surface area contributed by atoms with Crippen molar-refractivity contribution < 1.29 is 64.6 Å². The first-order chi connectivity index (χ1) is 46.6. The third-order valence-corrected chi connectivity index (χ3v) is 20.1. The summed E-state index contributed by atoms with van der Waals surface area (Å²) in [6, 6.07) is -0.916. The average molecular weight is 1350 g/mol. The molecule has 12 unspecified atom stereocenters. The molecule has 0 bridgehead atoms. The van der Waals surface area contributed by atoms with Gasteiger partial charge in [0.05, 0.1) is 32.0 Å². The van der Waals surface area contributed by atoms with Gasteiger partial charge in [0.25, 0.3) is 0 Å². The van der Waals surface area contributed by atoms with E-state index in [1.807, 2.05) is 6.08 Å². The number of carbonyl (C=O) groups is 1. The van der Waals surface area contributed by atoms with Crippen LogP contribution in [0.15, 0.2) is 36.5 Å². The number of allylic oxidation sites excluding steroid dienone is 5. The normalized spacial score (nSPS) is 22.5. The Hall–Kier alpha value is -1.79. The molecular formula is C81H153NO13. The summed E-state index contributed by atoms with van der Waals surface area (Å²) in [6.07, 6.45) is 69.4. The highest BCUT2D eigenvalue weighted by molar-refractivity contribution is 5.76. The standard InChI is InChI=1S/C81H153NO13/c1-3-5-7-9-11-13-15-17-19-21-23-25-27-29-31-33-34-35-37-38-40-42-44-46-48-50-52-54-56-58-60-62-64-70(85)69(68-92-80-78(91)76(89)79(72(67-84)94-80)95-81-77(90)75(88)74(87)71(66-83)93-81)82-73(86)65-63-61-59-57-55-53-51-49-47-45-43-41-39-36-32-30-28-26-24-22-20-18-16-14-12-10-8-6-4-2/h16,18,22,24,62,64,69-72,74-81,83-85,87-91H,3-15,17,19-21,23,25-61,63,65-68H2,1-2H3,(H,82,86)/b18-16-,24-22-,64-62+. The van der Waals surface area contributed by atoms with Gasteiger partial charge < -0.3 is 65.1 Å². The molecule has 12 atom stereocenters. The van der Waals surface area contributed by atoms with Gasteiger partial charge in [0.2, 0.25) is 5.91 Å². The molecule has 0 aromatic carbocycles. The zero-order chi connectivity index (χ0) is 68.7. The summed E-state index contributed by atoms with van der Waals surface area (Å²) >= 11 is 0. The monoisotopic (exact) mass is 1350 g/mol. The van der Waals surface area contributed by atoms with Crippen LogP contribution in [0.4, 0.5) is 0 Å². The first-order valence-electron chi connectivity index (χ1n) is 40.7. The van der Waals surface area contributed by atoms with Crippen LogP contribution in [0.1, 0.15) is 380 Å². The van der Waals surface area contributed by atoms with E-state index in [-0.39, 0.29) is 18.9 Å². The zero-order valence-electron chi connectivity index (χ0n) is 61.4. The molecule has 0 saturated carbocycles. The van der Waals surface area contributed by atoms with Crippen molar-refractivity contribution in [2.75, 3.05) is 19.8 Å². The van der Waals surface area contributed by atoms with E-state index in [0.29, 0.717) is 6.42 Å². The van der Waals surface area contributed by atoms with Crippen LogP contribution in [0.2, 0.25) is 0 Å². The smallest absolute Gasteiger partial charge is 0.220 e. The molecule has 2 heterocycles. The molecule has 2 aliphatic heterocycles. The molecule has 95 heavy (non-hydrogen) atoms. The molecule has 9 N–H and O–H groups in total. The molecule has 0 aromatic heterocycles. The number of hydrogen-bond acceptors (Lipinski definition) is 13. The average Bonchev–Trinajstić information content (AvgIpc) is 0.801. The molecule has 1 amide bonds. The second kappa shape index (κ2) is 65.5. The van der Waals surface area contributed by atoms with Gasteiger partial charge in [0.15, 0.2) is 12.6 Å². The van der Waals surface area contributed by atoms with Crippen LogP contribution >= 0.6 is 0 Å². The first-order valence-corrected chi connectivity index (χ1v) is 40.7. The van der Waals surface area contributed by atoms with Gasteiger partial charge in [0.1, 0.15) is 48.8 Å². The summed E-state index contributed by atoms with van der Waals surface area (Å²) in [5.41, 5.74) is 0. The van der Waals surface area contributed by atoms with Crippen LogP contribution in [0.5, 0.6) is 0 Å². The maximum Gasteiger partial charge on any atom is 0.220 e. The topological polar surface area (TPSA) is 228 Å². The lowest BCUT2D eigenvalue weighted by Crippen LogP contribution is -2.65. The number of amides is 1. The minimum Gasteiger partial charge on any atom is -0.394 e. The van der Waals surface area contributed by atoms with Gasteiger partial charge in [-0.1, -0.05) is 359 Å². The van der Waals surface area contributed by atoms with Crippen molar-refractivity contribution in [3.8, 4) is 0 Å². The number of hydrogen-bond donors (Lipinski definition) is 9. The predicted octanol–water partition coefficient (Wildman–Crippen LogP) is 18.4. The van der Waals surface area contributed by atoms with Crippen LogP contribution < -0.4 is 5.32 Å². The van der Waals surface area contributed by atoms with E-state index in [1.54, 1.807) is 6.08 Å². The summed E-state index contributed by atoms with van der Waals surface area (Å²) in [6.45, 7) is 2.86. The summed E-state index contributed by atoms with van der Waals surface area (Å²) in [5.74, 6) is -0.232. The van der Waals surface area contributed by atoms with E-state index in [2.05, 4.69) is 43.5 Å². The number of ether oxygens (including phenoxy) is 4. The Morgan fingerprint density at radius 3 is 1.05 bits per heavy atom. The van der Waals surface area contributed by atoms with E-state index < -0.39 is 86.8 Å². The largest absolute Gasteiger partial charge is 0.394 e. The van der Waals surface area contributed by atoms with E-state index in [1.165, 1.54) is 308 Å². The lowest BCUT2D eigenvalue weighted by molar-refractivity contribution is -0.359. The van der Waals surface area contributed by atoms with Crippen molar-refractivity contribution in [1.82, 2.24) is 5.32 Å². The second-order valence-corrected chi connectivity index (χ2v) is 28.9. The maximum atomic E-state index is 13.4. The van der Waals surface area contributed by atoms with Gasteiger partial charge in [-0.2, -0.15) is 0 Å². The highest BCUT2D eigenvalue weighted by atomic mass is 16.7. The van der Waals surface area contributed by atoms with E-state index >= 15 is 0 Å². The lowest BCUT2D eigenvalue weighted by atomic mass is 9.97. The van der Waals surface area contributed by atoms with Crippen molar-refractivity contribution in [1.29, 1.82) is 0 Å². The molecule has 560 valence electrons. The molecule has 2 rings (SSSR count). The third kappa shape index (κ3) is 48.6. The van der Waals surface area contributed by atoms with Gasteiger partial charge in [-0.05, 0) is 51.4 Å². The number of rotatable bonds is 69. The lowest BCUT2D eigenvalue weighted by Gasteiger charge is -2.46. The molecule has 0 aliphatic carbocycles. The van der Waals surface area contributed by atoms with Crippen molar-refractivity contribution in [2.24, 2.45) is 0 Å². The maximum absolute atomic E-state index is 13.4. The zero-order valence-corrected chi connectivity index (χ0v) is 61.4. The number of aliphatic hydroxyl groups is 8. The van der Waals surface area contributed by atoms with E-state index in [4.69, 9.17) is 18.9 Å². The van der Waals surface area contributed by atoms with Crippen LogP contribution in [0.25, 0.3) is 0 Å². The minimum absolute atomic E-state index is 0.232. The highest BCUT2D eigenvalue weighted by Crippen LogP contribution is 2.30. The predicted molar refractivity (Wildman–Crippen MR) is 392 cm³/mol. The van der Waals surface area contributed by atoms with Crippen LogP contribution in [-0.2, 0) is 23.7 Å². The molecule has 2 fully saturated rings. The van der Waals surface area contributed by atoms with Crippen LogP contribution in [-0.4, -0.2) is 140 Å². The third-order valence-electron chi connectivity index (χ3n) is 20.1. The van der Waals surface area contributed by atoms with Crippen molar-refractivity contribution in [3.63, 3.8) is 0 Å². The minimum atomic E-state index is -1.79. The van der Waals surface area contributed by atoms with Gasteiger partial charge in [-0.3, -0.25) is 4.79 Å². The fraction of sp³-hybridized carbons (Fsp3) is 0.914. The van der Waals surface area contributed by atoms with Gasteiger partial charge >= 0.3 is 0 Å². The van der Waals surface area contributed by atoms with Crippen LogP contribution in [0.3, 0.4) is 0 Å². The summed E-state index contributed by atoms with van der Waals surface area (Å²) in [5, 5.41) is 87.7. The van der Waals surface area contributed by atoms with Gasteiger partial charge in [0, 0.05) is 6.42 Å². The molecule has 2 saturated heterocycles. The van der Waals surface area contributed by atoms with Crippen molar-refractivity contribution in [2.45, 2.75) is 453 Å². The molecule has 0 radical (unpaired) electrons. The van der Waals surface area contributed by atoms with Crippen molar-refractivity contribution in [3.05, 3.63) is 36.5 Å².